The smallest absolute Gasteiger partial charge is 0.406 e. The molecule has 8 heteroatoms. The van der Waals surface area contributed by atoms with Crippen LogP contribution in [0.2, 0.25) is 0 Å². The van der Waals surface area contributed by atoms with Crippen LogP contribution in [0.5, 0.6) is 5.75 Å². The number of halogens is 3. The number of rotatable bonds is 4. The van der Waals surface area contributed by atoms with E-state index in [2.05, 4.69) is 20.0 Å². The number of aromatic nitrogens is 2. The van der Waals surface area contributed by atoms with Gasteiger partial charge in [-0.1, -0.05) is 6.92 Å². The Balaban J connectivity index is 2.16. The molecule has 0 spiro atoms. The van der Waals surface area contributed by atoms with Gasteiger partial charge in [-0.05, 0) is 30.7 Å². The summed E-state index contributed by atoms with van der Waals surface area (Å²) >= 11 is 0. The van der Waals surface area contributed by atoms with E-state index in [9.17, 15) is 13.2 Å². The highest BCUT2D eigenvalue weighted by atomic mass is 19.4. The van der Waals surface area contributed by atoms with Gasteiger partial charge in [0.25, 0.3) is 0 Å². The molecule has 0 saturated carbocycles. The van der Waals surface area contributed by atoms with Crippen LogP contribution in [0, 0.1) is 0 Å². The normalized spacial score (nSPS) is 11.2. The third kappa shape index (κ3) is 3.98. The first kappa shape index (κ1) is 14.9. The summed E-state index contributed by atoms with van der Waals surface area (Å²) in [7, 11) is 0. The monoisotopic (exact) mass is 298 g/mol. The highest BCUT2D eigenvalue weighted by molar-refractivity contribution is 5.64. The number of nitrogen functional groups attached to an aromatic ring is 1. The minimum Gasteiger partial charge on any atom is -0.406 e. The second-order valence-electron chi connectivity index (χ2n) is 4.14. The van der Waals surface area contributed by atoms with E-state index in [1.54, 1.807) is 0 Å². The van der Waals surface area contributed by atoms with Crippen molar-refractivity contribution in [3.63, 3.8) is 0 Å². The van der Waals surface area contributed by atoms with Crippen LogP contribution >= 0.6 is 0 Å². The Morgan fingerprint density at radius 1 is 1.19 bits per heavy atom. The first-order valence-electron chi connectivity index (χ1n) is 6.11. The zero-order chi connectivity index (χ0) is 15.5. The van der Waals surface area contributed by atoms with Crippen LogP contribution in [0.4, 0.5) is 30.5 Å². The number of nitrogens with one attached hydrogen (secondary N) is 1. The lowest BCUT2D eigenvalue weighted by Gasteiger charge is -2.12. The van der Waals surface area contributed by atoms with Gasteiger partial charge in [0.1, 0.15) is 23.7 Å². The SMILES string of the molecule is CCc1c(N)ncnc1Nc1ccc(OC(F)(F)F)cc1. The molecule has 0 radical (unpaired) electrons. The number of hydrogen-bond acceptors (Lipinski definition) is 5. The lowest BCUT2D eigenvalue weighted by Crippen LogP contribution is -2.17. The molecular weight excluding hydrogens is 285 g/mol. The van der Waals surface area contributed by atoms with Crippen LogP contribution in [-0.4, -0.2) is 16.3 Å². The highest BCUT2D eigenvalue weighted by Gasteiger charge is 2.30. The van der Waals surface area contributed by atoms with Gasteiger partial charge in [-0.3, -0.25) is 0 Å². The third-order valence-corrected chi connectivity index (χ3v) is 2.68. The molecule has 0 fully saturated rings. The van der Waals surface area contributed by atoms with E-state index in [-0.39, 0.29) is 5.75 Å². The first-order chi connectivity index (χ1) is 9.89. The summed E-state index contributed by atoms with van der Waals surface area (Å²) in [6.45, 7) is 1.90. The van der Waals surface area contributed by atoms with Gasteiger partial charge in [-0.15, -0.1) is 13.2 Å². The molecule has 0 atom stereocenters. The fraction of sp³-hybridized carbons (Fsp3) is 0.231. The molecule has 0 amide bonds. The lowest BCUT2D eigenvalue weighted by atomic mass is 10.2. The average Bonchev–Trinajstić information content (AvgIpc) is 2.40. The molecule has 0 aliphatic rings. The van der Waals surface area contributed by atoms with Gasteiger partial charge in [0.2, 0.25) is 0 Å². The van der Waals surface area contributed by atoms with Gasteiger partial charge in [0.15, 0.2) is 0 Å². The zero-order valence-corrected chi connectivity index (χ0v) is 11.1. The predicted molar refractivity (Wildman–Crippen MR) is 72.2 cm³/mol. The Kier molecular flexibility index (Phi) is 4.15. The molecule has 0 aliphatic carbocycles. The number of anilines is 3. The van der Waals surface area contributed by atoms with E-state index in [1.807, 2.05) is 6.92 Å². The van der Waals surface area contributed by atoms with Gasteiger partial charge in [0.05, 0.1) is 0 Å². The van der Waals surface area contributed by atoms with Crippen molar-refractivity contribution >= 4 is 17.3 Å². The summed E-state index contributed by atoms with van der Waals surface area (Å²) < 4.78 is 40.0. The summed E-state index contributed by atoms with van der Waals surface area (Å²) in [6, 6.07) is 5.34. The van der Waals surface area contributed by atoms with Crippen LogP contribution < -0.4 is 15.8 Å². The average molecular weight is 298 g/mol. The van der Waals surface area contributed by atoms with Crippen molar-refractivity contribution in [3.8, 4) is 5.75 Å². The van der Waals surface area contributed by atoms with E-state index in [4.69, 9.17) is 5.73 Å². The molecule has 1 aromatic carbocycles. The van der Waals surface area contributed by atoms with Crippen LogP contribution in [0.25, 0.3) is 0 Å². The Morgan fingerprint density at radius 2 is 1.86 bits per heavy atom. The quantitative estimate of drug-likeness (QED) is 0.906. The number of alkyl halides is 3. The molecule has 0 bridgehead atoms. The maximum atomic E-state index is 12.1. The summed E-state index contributed by atoms with van der Waals surface area (Å²) in [5, 5.41) is 2.99. The maximum Gasteiger partial charge on any atom is 0.573 e. The van der Waals surface area contributed by atoms with Crippen LogP contribution in [0.15, 0.2) is 30.6 Å². The van der Waals surface area contributed by atoms with Gasteiger partial charge in [-0.2, -0.15) is 0 Å². The van der Waals surface area contributed by atoms with Crippen molar-refractivity contribution in [1.82, 2.24) is 9.97 Å². The molecule has 0 unspecified atom stereocenters. The van der Waals surface area contributed by atoms with E-state index >= 15 is 0 Å². The molecule has 1 aromatic heterocycles. The molecule has 3 N–H and O–H groups in total. The number of benzene rings is 1. The molecule has 112 valence electrons. The molecule has 0 aliphatic heterocycles. The fourth-order valence-electron chi connectivity index (χ4n) is 1.76. The van der Waals surface area contributed by atoms with Gasteiger partial charge >= 0.3 is 6.36 Å². The standard InChI is InChI=1S/C13H13F3N4O/c1-2-10-11(17)18-7-19-12(10)20-8-3-5-9(6-4-8)21-13(14,15)16/h3-7H,2H2,1H3,(H3,17,18,19,20). The van der Waals surface area contributed by atoms with E-state index < -0.39 is 6.36 Å². The fourth-order valence-corrected chi connectivity index (χ4v) is 1.76. The van der Waals surface area contributed by atoms with Crippen molar-refractivity contribution < 1.29 is 17.9 Å². The number of hydrogen-bond donors (Lipinski definition) is 2. The second kappa shape index (κ2) is 5.86. The Hall–Kier alpha value is -2.51. The third-order valence-electron chi connectivity index (χ3n) is 2.68. The largest absolute Gasteiger partial charge is 0.573 e. The molecule has 5 nitrogen and oxygen atoms in total. The number of nitrogens with two attached hydrogens (primary N) is 1. The van der Waals surface area contributed by atoms with Crippen LogP contribution in [-0.2, 0) is 6.42 Å². The van der Waals surface area contributed by atoms with Crippen molar-refractivity contribution in [1.29, 1.82) is 0 Å². The first-order valence-corrected chi connectivity index (χ1v) is 6.11. The zero-order valence-electron chi connectivity index (χ0n) is 11.1. The van der Waals surface area contributed by atoms with Crippen molar-refractivity contribution in [2.24, 2.45) is 0 Å². The van der Waals surface area contributed by atoms with Gasteiger partial charge in [0, 0.05) is 11.3 Å². The summed E-state index contributed by atoms with van der Waals surface area (Å²) in [4.78, 5) is 7.96. The Bertz CT molecular complexity index is 614. The molecule has 2 aromatic rings. The summed E-state index contributed by atoms with van der Waals surface area (Å²) in [5.41, 5.74) is 7.05. The van der Waals surface area contributed by atoms with E-state index in [0.29, 0.717) is 23.7 Å². The molecular formula is C13H13F3N4O. The van der Waals surface area contributed by atoms with E-state index in [1.165, 1.54) is 30.6 Å². The van der Waals surface area contributed by atoms with Gasteiger partial charge in [-0.25, -0.2) is 9.97 Å². The molecule has 0 saturated heterocycles. The van der Waals surface area contributed by atoms with Crippen LogP contribution in [0.3, 0.4) is 0 Å². The number of ether oxygens (including phenoxy) is 1. The molecule has 2 rings (SSSR count). The predicted octanol–water partition coefficient (Wildman–Crippen LogP) is 3.26. The van der Waals surface area contributed by atoms with Crippen molar-refractivity contribution in [3.05, 3.63) is 36.2 Å². The Morgan fingerprint density at radius 3 is 2.43 bits per heavy atom. The second-order valence-corrected chi connectivity index (χ2v) is 4.14. The topological polar surface area (TPSA) is 73.1 Å². The summed E-state index contributed by atoms with van der Waals surface area (Å²) in [5.74, 6) is 0.604. The summed E-state index contributed by atoms with van der Waals surface area (Å²) in [6.07, 6.45) is -2.76. The van der Waals surface area contributed by atoms with E-state index in [0.717, 1.165) is 5.56 Å². The lowest BCUT2D eigenvalue weighted by molar-refractivity contribution is -0.274. The number of nitrogens with zero attached hydrogens (tertiary/aromatic N) is 2. The van der Waals surface area contributed by atoms with Crippen molar-refractivity contribution in [2.75, 3.05) is 11.1 Å². The minimum absolute atomic E-state index is 0.286. The maximum absolute atomic E-state index is 12.1. The minimum atomic E-state index is -4.70. The molecule has 21 heavy (non-hydrogen) atoms. The van der Waals surface area contributed by atoms with Crippen LogP contribution in [0.1, 0.15) is 12.5 Å². The highest BCUT2D eigenvalue weighted by Crippen LogP contribution is 2.26. The van der Waals surface area contributed by atoms with Gasteiger partial charge < -0.3 is 15.8 Å². The molecule has 1 heterocycles. The Labute approximate surface area is 119 Å². The van der Waals surface area contributed by atoms with Crippen molar-refractivity contribution in [2.45, 2.75) is 19.7 Å².